The first-order valence-corrected chi connectivity index (χ1v) is 12.0. The fourth-order valence-electron chi connectivity index (χ4n) is 4.40. The van der Waals surface area contributed by atoms with Crippen molar-refractivity contribution in [2.45, 2.75) is 65.0 Å². The van der Waals surface area contributed by atoms with Gasteiger partial charge in [-0.3, -0.25) is 14.3 Å². The Kier molecular flexibility index (Phi) is 7.16. The molecule has 1 aliphatic heterocycles. The van der Waals surface area contributed by atoms with Crippen LogP contribution in [0.2, 0.25) is 0 Å². The number of pyridine rings is 1. The van der Waals surface area contributed by atoms with Crippen LogP contribution in [0.3, 0.4) is 0 Å². The number of carbonyl (C=O) groups excluding carboxylic acids is 1. The number of halogens is 3. The topological polar surface area (TPSA) is 86.6 Å². The number of carbonyl (C=O) groups is 1. The third-order valence-corrected chi connectivity index (χ3v) is 6.06. The minimum Gasteiger partial charge on any atom is -0.444 e. The van der Waals surface area contributed by atoms with Crippen molar-refractivity contribution in [2.75, 3.05) is 13.1 Å². The van der Waals surface area contributed by atoms with E-state index < -0.39 is 18.1 Å². The third-order valence-electron chi connectivity index (χ3n) is 6.06. The van der Waals surface area contributed by atoms with Crippen molar-refractivity contribution in [2.24, 2.45) is 0 Å². The maximum absolute atomic E-state index is 13.7. The van der Waals surface area contributed by atoms with Gasteiger partial charge < -0.3 is 14.4 Å². The zero-order valence-electron chi connectivity index (χ0n) is 21.1. The second-order valence-electron chi connectivity index (χ2n) is 10.1. The van der Waals surface area contributed by atoms with Crippen LogP contribution in [0.1, 0.15) is 56.4 Å². The largest absolute Gasteiger partial charge is 0.573 e. The molecule has 0 aliphatic carbocycles. The predicted molar refractivity (Wildman–Crippen MR) is 131 cm³/mol. The molecule has 0 N–H and O–H groups in total. The monoisotopic (exact) mass is 518 g/mol. The van der Waals surface area contributed by atoms with Crippen molar-refractivity contribution < 1.29 is 27.4 Å². The van der Waals surface area contributed by atoms with E-state index in [0.29, 0.717) is 42.7 Å². The number of hydrogen-bond acceptors (Lipinski definition) is 6. The maximum atomic E-state index is 13.7. The highest BCUT2D eigenvalue weighted by Crippen LogP contribution is 2.30. The van der Waals surface area contributed by atoms with E-state index in [1.165, 1.54) is 22.8 Å². The van der Waals surface area contributed by atoms with Gasteiger partial charge in [0.05, 0.1) is 12.2 Å². The van der Waals surface area contributed by atoms with E-state index in [1.807, 2.05) is 0 Å². The van der Waals surface area contributed by atoms with Gasteiger partial charge in [0.1, 0.15) is 16.9 Å². The minimum absolute atomic E-state index is 0.161. The molecule has 8 nitrogen and oxygen atoms in total. The van der Waals surface area contributed by atoms with Gasteiger partial charge in [-0.25, -0.2) is 9.78 Å². The van der Waals surface area contributed by atoms with Crippen LogP contribution in [0.5, 0.6) is 5.75 Å². The molecule has 0 saturated carbocycles. The third kappa shape index (κ3) is 6.39. The van der Waals surface area contributed by atoms with E-state index in [-0.39, 0.29) is 35.0 Å². The fraction of sp³-hybridized carbons (Fsp3) is 0.462. The zero-order valence-corrected chi connectivity index (χ0v) is 21.1. The summed E-state index contributed by atoms with van der Waals surface area (Å²) in [6.45, 7) is 7.78. The molecule has 1 fully saturated rings. The summed E-state index contributed by atoms with van der Waals surface area (Å²) in [5, 5.41) is 0. The number of benzene rings is 1. The number of amides is 1. The number of aromatic nitrogens is 3. The Morgan fingerprint density at radius 2 is 1.81 bits per heavy atom. The fourth-order valence-corrected chi connectivity index (χ4v) is 4.40. The highest BCUT2D eigenvalue weighted by atomic mass is 19.4. The van der Waals surface area contributed by atoms with E-state index >= 15 is 0 Å². The van der Waals surface area contributed by atoms with Crippen molar-refractivity contribution >= 4 is 17.3 Å². The molecule has 0 unspecified atom stereocenters. The summed E-state index contributed by atoms with van der Waals surface area (Å²) >= 11 is 0. The van der Waals surface area contributed by atoms with E-state index in [0.717, 1.165) is 0 Å². The molecule has 1 aromatic carbocycles. The van der Waals surface area contributed by atoms with Crippen molar-refractivity contribution in [3.05, 3.63) is 63.7 Å². The quantitative estimate of drug-likeness (QED) is 0.474. The molecule has 2 aromatic heterocycles. The zero-order chi connectivity index (χ0) is 27.0. The number of piperidine rings is 1. The number of alkyl halides is 3. The van der Waals surface area contributed by atoms with Gasteiger partial charge in [0.25, 0.3) is 5.56 Å². The second kappa shape index (κ2) is 10.0. The van der Waals surface area contributed by atoms with Crippen LogP contribution in [-0.2, 0) is 11.3 Å². The standard InChI is InChI=1S/C26H29F3N4O4/c1-16-14-30-20-13-19(17-9-11-32(12-10-17)24(35)37-25(2,3)4)23(34)33(22(20)31-16)15-18-7-5-6-8-21(18)36-26(27,28)29/h5-8,13-14,17H,9-12,15H2,1-4H3. The Labute approximate surface area is 212 Å². The summed E-state index contributed by atoms with van der Waals surface area (Å²) < 4.78 is 49.9. The molecular weight excluding hydrogens is 489 g/mol. The number of aryl methyl sites for hydroxylation is 1. The number of fused-ring (bicyclic) bond motifs is 1. The lowest BCUT2D eigenvalue weighted by molar-refractivity contribution is -0.274. The van der Waals surface area contributed by atoms with Gasteiger partial charge in [0.2, 0.25) is 0 Å². The van der Waals surface area contributed by atoms with E-state index in [4.69, 9.17) is 4.74 Å². The number of likely N-dealkylation sites (tertiary alicyclic amines) is 1. The molecule has 198 valence electrons. The van der Waals surface area contributed by atoms with Crippen LogP contribution < -0.4 is 10.3 Å². The lowest BCUT2D eigenvalue weighted by Gasteiger charge is -2.33. The van der Waals surface area contributed by atoms with Crippen LogP contribution in [0.25, 0.3) is 11.2 Å². The molecule has 0 spiro atoms. The minimum atomic E-state index is -4.87. The summed E-state index contributed by atoms with van der Waals surface area (Å²) in [5.41, 5.74) is 1.02. The summed E-state index contributed by atoms with van der Waals surface area (Å²) in [4.78, 5) is 36.7. The Morgan fingerprint density at radius 3 is 2.46 bits per heavy atom. The van der Waals surface area contributed by atoms with Gasteiger partial charge in [0.15, 0.2) is 5.65 Å². The Bertz CT molecular complexity index is 1360. The molecule has 1 amide bonds. The number of rotatable bonds is 4. The number of hydrogen-bond donors (Lipinski definition) is 0. The van der Waals surface area contributed by atoms with Gasteiger partial charge in [-0.2, -0.15) is 0 Å². The van der Waals surface area contributed by atoms with Gasteiger partial charge in [-0.15, -0.1) is 13.2 Å². The Balaban J connectivity index is 1.68. The molecular formula is C26H29F3N4O4. The SMILES string of the molecule is Cc1cnc2cc(C3CCN(C(=O)OC(C)(C)C)CC3)c(=O)n(Cc3ccccc3OC(F)(F)F)c2n1. The molecule has 0 radical (unpaired) electrons. The first-order valence-electron chi connectivity index (χ1n) is 12.0. The smallest absolute Gasteiger partial charge is 0.444 e. The second-order valence-corrected chi connectivity index (χ2v) is 10.1. The van der Waals surface area contributed by atoms with Crippen LogP contribution in [0, 0.1) is 6.92 Å². The molecule has 3 heterocycles. The highest BCUT2D eigenvalue weighted by Gasteiger charge is 2.33. The van der Waals surface area contributed by atoms with Crippen molar-refractivity contribution in [1.29, 1.82) is 0 Å². The molecule has 3 aromatic rings. The summed E-state index contributed by atoms with van der Waals surface area (Å²) in [7, 11) is 0. The van der Waals surface area contributed by atoms with Crippen LogP contribution in [-0.4, -0.2) is 50.6 Å². The van der Waals surface area contributed by atoms with Gasteiger partial charge >= 0.3 is 12.5 Å². The van der Waals surface area contributed by atoms with Gasteiger partial charge in [-0.1, -0.05) is 18.2 Å². The van der Waals surface area contributed by atoms with Crippen molar-refractivity contribution in [1.82, 2.24) is 19.4 Å². The van der Waals surface area contributed by atoms with Crippen molar-refractivity contribution in [3.8, 4) is 5.75 Å². The molecule has 1 saturated heterocycles. The normalized spacial score (nSPS) is 15.2. The average Bonchev–Trinajstić information content (AvgIpc) is 2.80. The highest BCUT2D eigenvalue weighted by molar-refractivity contribution is 5.71. The lowest BCUT2D eigenvalue weighted by Crippen LogP contribution is -2.42. The molecule has 37 heavy (non-hydrogen) atoms. The van der Waals surface area contributed by atoms with Crippen LogP contribution in [0.4, 0.5) is 18.0 Å². The Morgan fingerprint density at radius 1 is 1.14 bits per heavy atom. The number of para-hydroxylation sites is 1. The Hall–Kier alpha value is -3.63. The summed E-state index contributed by atoms with van der Waals surface area (Å²) in [6, 6.07) is 7.41. The molecule has 0 bridgehead atoms. The predicted octanol–water partition coefficient (Wildman–Crippen LogP) is 5.16. The summed E-state index contributed by atoms with van der Waals surface area (Å²) in [6.07, 6.45) is -2.62. The maximum Gasteiger partial charge on any atom is 0.573 e. The first kappa shape index (κ1) is 26.4. The molecule has 1 aliphatic rings. The van der Waals surface area contributed by atoms with E-state index in [9.17, 15) is 22.8 Å². The number of ether oxygens (including phenoxy) is 2. The molecule has 4 rings (SSSR count). The van der Waals surface area contributed by atoms with Crippen molar-refractivity contribution in [3.63, 3.8) is 0 Å². The lowest BCUT2D eigenvalue weighted by atomic mass is 9.90. The van der Waals surface area contributed by atoms with Crippen LogP contribution >= 0.6 is 0 Å². The average molecular weight is 519 g/mol. The van der Waals surface area contributed by atoms with E-state index in [1.54, 1.807) is 50.9 Å². The molecule has 0 atom stereocenters. The van der Waals surface area contributed by atoms with Crippen LogP contribution in [0.15, 0.2) is 41.3 Å². The van der Waals surface area contributed by atoms with E-state index in [2.05, 4.69) is 14.7 Å². The number of nitrogens with zero attached hydrogens (tertiary/aromatic N) is 4. The molecule has 11 heteroatoms. The summed E-state index contributed by atoms with van der Waals surface area (Å²) in [5.74, 6) is -0.543. The van der Waals surface area contributed by atoms with Gasteiger partial charge in [-0.05, 0) is 58.6 Å². The van der Waals surface area contributed by atoms with Gasteiger partial charge in [0, 0.05) is 30.4 Å². The first-order chi connectivity index (χ1) is 17.3.